The lowest BCUT2D eigenvalue weighted by Gasteiger charge is -2.41. The topological polar surface area (TPSA) is 70.6 Å². The number of aromatic nitrogens is 2. The number of benzene rings is 2. The molecule has 2 aromatic carbocycles. The number of ether oxygens (including phenoxy) is 1. The van der Waals surface area contributed by atoms with Crippen LogP contribution in [0.3, 0.4) is 0 Å². The number of carbonyl (C=O) groups is 1. The molecule has 3 aromatic rings. The zero-order valence-electron chi connectivity index (χ0n) is 20.7. The number of piperazine rings is 1. The molecule has 2 atom stereocenters. The van der Waals surface area contributed by atoms with Crippen molar-refractivity contribution in [2.24, 2.45) is 0 Å². The number of hydrogen-bond acceptors (Lipinski definition) is 5. The minimum Gasteiger partial charge on any atom is -0.497 e. The number of halogens is 1. The second-order valence-electron chi connectivity index (χ2n) is 9.35. The molecule has 8 heteroatoms. The van der Waals surface area contributed by atoms with E-state index >= 15 is 0 Å². The van der Waals surface area contributed by atoms with Gasteiger partial charge in [0.05, 0.1) is 18.8 Å². The fourth-order valence-corrected chi connectivity index (χ4v) is 5.06. The standard InChI is InChI=1S/C28H30ClN5O2/c1-18-16-33(11-12-34(18)28(35)32-19(2)21-5-4-6-24(13-21)36-3)27-25-14-22(15-26(25)30-17-31-27)20-7-9-23(29)10-8-20/h4-10,13-14,17-19H,11-12,15-16H2,1-3H3,(H,32,35)/t18-,19-/m1/s1. The van der Waals surface area contributed by atoms with Crippen LogP contribution >= 0.6 is 11.6 Å². The molecule has 0 spiro atoms. The number of rotatable bonds is 5. The molecule has 1 aliphatic heterocycles. The highest BCUT2D eigenvalue weighted by Crippen LogP contribution is 2.35. The van der Waals surface area contributed by atoms with Crippen molar-refractivity contribution in [1.29, 1.82) is 0 Å². The Balaban J connectivity index is 1.27. The first-order chi connectivity index (χ1) is 17.4. The lowest BCUT2D eigenvalue weighted by atomic mass is 10.1. The van der Waals surface area contributed by atoms with Crippen LogP contribution in [0.2, 0.25) is 5.02 Å². The Hall–Kier alpha value is -3.58. The average Bonchev–Trinajstić information content (AvgIpc) is 3.33. The summed E-state index contributed by atoms with van der Waals surface area (Å²) in [5.41, 5.74) is 5.46. The predicted octanol–water partition coefficient (Wildman–Crippen LogP) is 5.22. The van der Waals surface area contributed by atoms with Gasteiger partial charge in [-0.05, 0) is 60.9 Å². The average molecular weight is 504 g/mol. The number of allylic oxidation sites excluding steroid dienone is 1. The molecule has 7 nitrogen and oxygen atoms in total. The van der Waals surface area contributed by atoms with Crippen molar-refractivity contribution in [2.45, 2.75) is 32.4 Å². The van der Waals surface area contributed by atoms with Gasteiger partial charge in [-0.1, -0.05) is 35.9 Å². The van der Waals surface area contributed by atoms with Crippen molar-refractivity contribution >= 4 is 35.1 Å². The van der Waals surface area contributed by atoms with Gasteiger partial charge >= 0.3 is 6.03 Å². The van der Waals surface area contributed by atoms with E-state index in [0.29, 0.717) is 19.6 Å². The molecule has 2 amide bonds. The second-order valence-corrected chi connectivity index (χ2v) is 9.78. The number of carbonyl (C=O) groups excluding carboxylic acids is 1. The Morgan fingerprint density at radius 1 is 1.17 bits per heavy atom. The Morgan fingerprint density at radius 2 is 1.97 bits per heavy atom. The monoisotopic (exact) mass is 503 g/mol. The zero-order chi connectivity index (χ0) is 25.2. The van der Waals surface area contributed by atoms with Crippen LogP contribution < -0.4 is 15.0 Å². The number of anilines is 1. The second kappa shape index (κ2) is 10.2. The molecule has 0 radical (unpaired) electrons. The first-order valence-corrected chi connectivity index (χ1v) is 12.6. The lowest BCUT2D eigenvalue weighted by molar-refractivity contribution is 0.168. The van der Waals surface area contributed by atoms with Crippen molar-refractivity contribution in [3.05, 3.63) is 82.3 Å². The number of hydrogen-bond donors (Lipinski definition) is 1. The van der Waals surface area contributed by atoms with Crippen LogP contribution in [-0.2, 0) is 6.42 Å². The summed E-state index contributed by atoms with van der Waals surface area (Å²) in [6, 6.07) is 15.5. The molecule has 1 saturated heterocycles. The van der Waals surface area contributed by atoms with E-state index in [4.69, 9.17) is 16.3 Å². The van der Waals surface area contributed by atoms with Crippen molar-refractivity contribution in [3.63, 3.8) is 0 Å². The highest BCUT2D eigenvalue weighted by atomic mass is 35.5. The Labute approximate surface area is 216 Å². The van der Waals surface area contributed by atoms with E-state index in [0.717, 1.165) is 45.4 Å². The molecule has 0 bridgehead atoms. The van der Waals surface area contributed by atoms with Crippen molar-refractivity contribution in [3.8, 4) is 5.75 Å². The Bertz CT molecular complexity index is 1290. The molecule has 36 heavy (non-hydrogen) atoms. The molecule has 1 aromatic heterocycles. The SMILES string of the molecule is COc1cccc([C@@H](C)NC(=O)N2CCN(c3ncnc4c3C=C(c3ccc(Cl)cc3)C4)C[C@H]2C)c1. The van der Waals surface area contributed by atoms with Crippen LogP contribution in [0.4, 0.5) is 10.6 Å². The van der Waals surface area contributed by atoms with Gasteiger partial charge in [-0.15, -0.1) is 0 Å². The molecule has 186 valence electrons. The van der Waals surface area contributed by atoms with Gasteiger partial charge in [0.25, 0.3) is 0 Å². The van der Waals surface area contributed by atoms with Gasteiger partial charge in [0.15, 0.2) is 0 Å². The van der Waals surface area contributed by atoms with Gasteiger partial charge in [0.1, 0.15) is 17.9 Å². The highest BCUT2D eigenvalue weighted by Gasteiger charge is 2.31. The lowest BCUT2D eigenvalue weighted by Crippen LogP contribution is -2.57. The van der Waals surface area contributed by atoms with Crippen LogP contribution in [0, 0.1) is 0 Å². The van der Waals surface area contributed by atoms with Crippen LogP contribution in [-0.4, -0.2) is 53.7 Å². The molecule has 0 saturated carbocycles. The van der Waals surface area contributed by atoms with Gasteiger partial charge < -0.3 is 19.9 Å². The van der Waals surface area contributed by atoms with E-state index in [1.807, 2.05) is 60.4 Å². The number of nitrogens with one attached hydrogen (secondary N) is 1. The summed E-state index contributed by atoms with van der Waals surface area (Å²) in [6.07, 6.45) is 4.60. The summed E-state index contributed by atoms with van der Waals surface area (Å²) in [4.78, 5) is 26.5. The normalized spacial score (nSPS) is 17.9. The smallest absolute Gasteiger partial charge is 0.318 e. The highest BCUT2D eigenvalue weighted by molar-refractivity contribution is 6.30. The summed E-state index contributed by atoms with van der Waals surface area (Å²) in [7, 11) is 1.64. The Morgan fingerprint density at radius 3 is 2.72 bits per heavy atom. The molecule has 2 aliphatic rings. The third-order valence-electron chi connectivity index (χ3n) is 6.96. The largest absolute Gasteiger partial charge is 0.497 e. The third-order valence-corrected chi connectivity index (χ3v) is 7.21. The summed E-state index contributed by atoms with van der Waals surface area (Å²) < 4.78 is 5.32. The molecule has 1 fully saturated rings. The number of nitrogens with zero attached hydrogens (tertiary/aromatic N) is 4. The fraction of sp³-hybridized carbons (Fsp3) is 0.321. The van der Waals surface area contributed by atoms with Crippen LogP contribution in [0.5, 0.6) is 5.75 Å². The van der Waals surface area contributed by atoms with Gasteiger partial charge in [0.2, 0.25) is 0 Å². The first-order valence-electron chi connectivity index (χ1n) is 12.2. The minimum atomic E-state index is -0.126. The van der Waals surface area contributed by atoms with E-state index in [-0.39, 0.29) is 18.1 Å². The molecule has 1 aliphatic carbocycles. The zero-order valence-corrected chi connectivity index (χ0v) is 21.5. The maximum atomic E-state index is 13.1. The summed E-state index contributed by atoms with van der Waals surface area (Å²) in [5.74, 6) is 1.71. The number of urea groups is 1. The molecule has 5 rings (SSSR count). The van der Waals surface area contributed by atoms with Gasteiger partial charge in [-0.2, -0.15) is 0 Å². The van der Waals surface area contributed by atoms with E-state index in [1.54, 1.807) is 13.4 Å². The summed E-state index contributed by atoms with van der Waals surface area (Å²) >= 11 is 6.07. The number of fused-ring (bicyclic) bond motifs is 1. The predicted molar refractivity (Wildman–Crippen MR) is 143 cm³/mol. The fourth-order valence-electron chi connectivity index (χ4n) is 4.93. The summed E-state index contributed by atoms with van der Waals surface area (Å²) in [6.45, 7) is 6.10. The van der Waals surface area contributed by atoms with Crippen LogP contribution in [0.1, 0.15) is 42.3 Å². The molecule has 0 unspecified atom stereocenters. The van der Waals surface area contributed by atoms with Crippen LogP contribution in [0.25, 0.3) is 11.6 Å². The third kappa shape index (κ3) is 4.88. The number of amides is 2. The molecule has 1 N–H and O–H groups in total. The number of methoxy groups -OCH3 is 1. The molecular formula is C28H30ClN5O2. The van der Waals surface area contributed by atoms with Crippen molar-refractivity contribution in [2.75, 3.05) is 31.6 Å². The summed E-state index contributed by atoms with van der Waals surface area (Å²) in [5, 5.41) is 3.87. The van der Waals surface area contributed by atoms with E-state index in [2.05, 4.69) is 33.2 Å². The van der Waals surface area contributed by atoms with E-state index in [1.165, 1.54) is 5.57 Å². The van der Waals surface area contributed by atoms with Gasteiger partial charge in [-0.3, -0.25) is 0 Å². The quantitative estimate of drug-likeness (QED) is 0.517. The van der Waals surface area contributed by atoms with Gasteiger partial charge in [-0.25, -0.2) is 14.8 Å². The minimum absolute atomic E-state index is 0.0305. The Kier molecular flexibility index (Phi) is 6.83. The maximum absolute atomic E-state index is 13.1. The van der Waals surface area contributed by atoms with E-state index in [9.17, 15) is 4.79 Å². The van der Waals surface area contributed by atoms with Gasteiger partial charge in [0, 0.05) is 42.7 Å². The van der Waals surface area contributed by atoms with E-state index < -0.39 is 0 Å². The first kappa shape index (κ1) is 24.1. The van der Waals surface area contributed by atoms with Crippen LogP contribution in [0.15, 0.2) is 54.9 Å². The molecule has 2 heterocycles. The molecular weight excluding hydrogens is 474 g/mol. The maximum Gasteiger partial charge on any atom is 0.318 e. The van der Waals surface area contributed by atoms with Crippen molar-refractivity contribution in [1.82, 2.24) is 20.2 Å². The van der Waals surface area contributed by atoms with Crippen molar-refractivity contribution < 1.29 is 9.53 Å².